The third-order valence-electron chi connectivity index (χ3n) is 3.16. The first-order valence-electron chi connectivity index (χ1n) is 7.13. The van der Waals surface area contributed by atoms with E-state index in [0.29, 0.717) is 6.61 Å². The van der Waals surface area contributed by atoms with Gasteiger partial charge in [-0.15, -0.1) is 0 Å². The molecule has 1 atom stereocenters. The number of nitrogens with two attached hydrogens (primary N) is 1. The molecule has 0 aliphatic carbocycles. The van der Waals surface area contributed by atoms with Crippen molar-refractivity contribution in [2.24, 2.45) is 5.73 Å². The molecule has 0 saturated heterocycles. The van der Waals surface area contributed by atoms with E-state index in [1.54, 1.807) is 13.3 Å². The Balaban J connectivity index is 1.96. The number of nitrogens with zero attached hydrogens (tertiary/aromatic N) is 1. The number of pyridine rings is 1. The lowest BCUT2D eigenvalue weighted by Crippen LogP contribution is -2.17. The molecule has 1 aromatic carbocycles. The molecular weight excluding hydrogens is 264 g/mol. The standard InChI is InChI=1S/C17H22N2O2/c1-13(18)10-15-5-6-16(17(11-15)20-2)21-9-7-14-4-3-8-19-12-14/h3-6,8,11-13H,7,9-10,18H2,1-2H3. The molecule has 0 aliphatic heterocycles. The minimum absolute atomic E-state index is 0.132. The molecule has 1 aromatic heterocycles. The molecule has 0 radical (unpaired) electrons. The lowest BCUT2D eigenvalue weighted by Gasteiger charge is -2.13. The summed E-state index contributed by atoms with van der Waals surface area (Å²) in [6.45, 7) is 2.58. The molecule has 2 N–H and O–H groups in total. The van der Waals surface area contributed by atoms with Crippen LogP contribution >= 0.6 is 0 Å². The summed E-state index contributed by atoms with van der Waals surface area (Å²) >= 11 is 0. The van der Waals surface area contributed by atoms with Crippen molar-refractivity contribution >= 4 is 0 Å². The Bertz CT molecular complexity index is 556. The first kappa shape index (κ1) is 15.3. The SMILES string of the molecule is COc1cc(CC(C)N)ccc1OCCc1cccnc1. The average molecular weight is 286 g/mol. The second-order valence-electron chi connectivity index (χ2n) is 5.13. The molecule has 0 fully saturated rings. The van der Waals surface area contributed by atoms with Gasteiger partial charge in [-0.05, 0) is 42.7 Å². The number of hydrogen-bond donors (Lipinski definition) is 1. The van der Waals surface area contributed by atoms with Crippen LogP contribution in [0.25, 0.3) is 0 Å². The Morgan fingerprint density at radius 1 is 1.19 bits per heavy atom. The van der Waals surface area contributed by atoms with E-state index in [4.69, 9.17) is 15.2 Å². The zero-order chi connectivity index (χ0) is 15.1. The summed E-state index contributed by atoms with van der Waals surface area (Å²) in [6.07, 6.45) is 5.27. The van der Waals surface area contributed by atoms with Crippen molar-refractivity contribution in [2.45, 2.75) is 25.8 Å². The fourth-order valence-corrected chi connectivity index (χ4v) is 2.15. The number of rotatable bonds is 7. The Morgan fingerprint density at radius 2 is 2.05 bits per heavy atom. The van der Waals surface area contributed by atoms with E-state index in [9.17, 15) is 0 Å². The summed E-state index contributed by atoms with van der Waals surface area (Å²) in [5.41, 5.74) is 8.13. The van der Waals surface area contributed by atoms with Crippen LogP contribution in [0.5, 0.6) is 11.5 Å². The highest BCUT2D eigenvalue weighted by Crippen LogP contribution is 2.28. The maximum Gasteiger partial charge on any atom is 0.161 e. The van der Waals surface area contributed by atoms with Gasteiger partial charge in [0.1, 0.15) is 0 Å². The molecule has 0 aliphatic rings. The van der Waals surface area contributed by atoms with Gasteiger partial charge in [0.15, 0.2) is 11.5 Å². The largest absolute Gasteiger partial charge is 0.493 e. The van der Waals surface area contributed by atoms with Crippen molar-refractivity contribution < 1.29 is 9.47 Å². The molecule has 4 heteroatoms. The Hall–Kier alpha value is -2.07. The fraction of sp³-hybridized carbons (Fsp3) is 0.353. The summed E-state index contributed by atoms with van der Waals surface area (Å²) in [5, 5.41) is 0. The van der Waals surface area contributed by atoms with Crippen LogP contribution in [0.3, 0.4) is 0 Å². The van der Waals surface area contributed by atoms with Crippen molar-refractivity contribution in [3.8, 4) is 11.5 Å². The van der Waals surface area contributed by atoms with E-state index in [-0.39, 0.29) is 6.04 Å². The van der Waals surface area contributed by atoms with Gasteiger partial charge < -0.3 is 15.2 Å². The van der Waals surface area contributed by atoms with Gasteiger partial charge >= 0.3 is 0 Å². The molecule has 4 nitrogen and oxygen atoms in total. The van der Waals surface area contributed by atoms with E-state index < -0.39 is 0 Å². The highest BCUT2D eigenvalue weighted by atomic mass is 16.5. The van der Waals surface area contributed by atoms with Gasteiger partial charge in [0.25, 0.3) is 0 Å². The summed E-state index contributed by atoms with van der Waals surface area (Å²) in [7, 11) is 1.65. The summed E-state index contributed by atoms with van der Waals surface area (Å²) in [5.74, 6) is 1.51. The number of ether oxygens (including phenoxy) is 2. The minimum Gasteiger partial charge on any atom is -0.493 e. The van der Waals surface area contributed by atoms with Crippen LogP contribution in [-0.4, -0.2) is 24.7 Å². The Labute approximate surface area is 125 Å². The molecule has 112 valence electrons. The monoisotopic (exact) mass is 286 g/mol. The van der Waals surface area contributed by atoms with Gasteiger partial charge in [-0.25, -0.2) is 0 Å². The smallest absolute Gasteiger partial charge is 0.161 e. The number of benzene rings is 1. The summed E-state index contributed by atoms with van der Waals surface area (Å²) in [4.78, 5) is 4.09. The van der Waals surface area contributed by atoms with Crippen LogP contribution in [-0.2, 0) is 12.8 Å². The fourth-order valence-electron chi connectivity index (χ4n) is 2.15. The quantitative estimate of drug-likeness (QED) is 0.850. The second kappa shape index (κ2) is 7.64. The summed E-state index contributed by atoms with van der Waals surface area (Å²) < 4.78 is 11.2. The molecular formula is C17H22N2O2. The highest BCUT2D eigenvalue weighted by Gasteiger charge is 2.07. The van der Waals surface area contributed by atoms with Crippen LogP contribution in [0.15, 0.2) is 42.7 Å². The van der Waals surface area contributed by atoms with Gasteiger partial charge in [-0.3, -0.25) is 4.98 Å². The van der Waals surface area contributed by atoms with Crippen molar-refractivity contribution in [3.05, 3.63) is 53.9 Å². The molecule has 1 unspecified atom stereocenters. The molecule has 0 bridgehead atoms. The average Bonchev–Trinajstić information content (AvgIpc) is 2.49. The summed E-state index contributed by atoms with van der Waals surface area (Å²) in [6, 6.07) is 10.1. The van der Waals surface area contributed by atoms with E-state index in [0.717, 1.165) is 35.5 Å². The zero-order valence-corrected chi connectivity index (χ0v) is 12.6. The predicted octanol–water partition coefficient (Wildman–Crippen LogP) is 2.60. The first-order chi connectivity index (χ1) is 10.2. The Kier molecular flexibility index (Phi) is 5.58. The van der Waals surface area contributed by atoms with Crippen molar-refractivity contribution in [1.82, 2.24) is 4.98 Å². The molecule has 2 rings (SSSR count). The van der Waals surface area contributed by atoms with E-state index in [1.807, 2.05) is 43.5 Å². The molecule has 2 aromatic rings. The molecule has 0 spiro atoms. The maximum absolute atomic E-state index is 5.82. The molecule has 0 amide bonds. The van der Waals surface area contributed by atoms with Gasteiger partial charge in [0.2, 0.25) is 0 Å². The van der Waals surface area contributed by atoms with Gasteiger partial charge in [0, 0.05) is 24.9 Å². The van der Waals surface area contributed by atoms with E-state index in [1.165, 1.54) is 0 Å². The maximum atomic E-state index is 5.82. The van der Waals surface area contributed by atoms with Crippen LogP contribution in [0.2, 0.25) is 0 Å². The second-order valence-corrected chi connectivity index (χ2v) is 5.13. The lowest BCUT2D eigenvalue weighted by molar-refractivity contribution is 0.297. The predicted molar refractivity (Wildman–Crippen MR) is 83.8 cm³/mol. The molecule has 21 heavy (non-hydrogen) atoms. The Morgan fingerprint density at radius 3 is 2.71 bits per heavy atom. The number of aromatic nitrogens is 1. The van der Waals surface area contributed by atoms with Gasteiger partial charge in [-0.1, -0.05) is 12.1 Å². The lowest BCUT2D eigenvalue weighted by atomic mass is 10.1. The van der Waals surface area contributed by atoms with Gasteiger partial charge in [0.05, 0.1) is 13.7 Å². The highest BCUT2D eigenvalue weighted by molar-refractivity contribution is 5.43. The zero-order valence-electron chi connectivity index (χ0n) is 12.6. The van der Waals surface area contributed by atoms with E-state index in [2.05, 4.69) is 4.98 Å². The van der Waals surface area contributed by atoms with Crippen molar-refractivity contribution in [1.29, 1.82) is 0 Å². The van der Waals surface area contributed by atoms with Crippen molar-refractivity contribution in [2.75, 3.05) is 13.7 Å². The third-order valence-corrected chi connectivity index (χ3v) is 3.16. The van der Waals surface area contributed by atoms with Crippen LogP contribution in [0.1, 0.15) is 18.1 Å². The van der Waals surface area contributed by atoms with Crippen LogP contribution in [0.4, 0.5) is 0 Å². The van der Waals surface area contributed by atoms with Crippen LogP contribution < -0.4 is 15.2 Å². The number of methoxy groups -OCH3 is 1. The van der Waals surface area contributed by atoms with Gasteiger partial charge in [-0.2, -0.15) is 0 Å². The van der Waals surface area contributed by atoms with E-state index >= 15 is 0 Å². The number of hydrogen-bond acceptors (Lipinski definition) is 4. The third kappa shape index (κ3) is 4.76. The molecule has 1 heterocycles. The van der Waals surface area contributed by atoms with Crippen LogP contribution in [0, 0.1) is 0 Å². The molecule has 0 saturated carbocycles. The minimum atomic E-state index is 0.132. The van der Waals surface area contributed by atoms with Crippen molar-refractivity contribution in [3.63, 3.8) is 0 Å². The first-order valence-corrected chi connectivity index (χ1v) is 7.13. The normalized spacial score (nSPS) is 12.0. The topological polar surface area (TPSA) is 57.4 Å².